The van der Waals surface area contributed by atoms with Gasteiger partial charge in [-0.3, -0.25) is 4.79 Å². The van der Waals surface area contributed by atoms with E-state index in [1.54, 1.807) is 6.08 Å². The average Bonchev–Trinajstić information content (AvgIpc) is 2.81. The van der Waals surface area contributed by atoms with Crippen molar-refractivity contribution >= 4 is 12.0 Å². The highest BCUT2D eigenvalue weighted by atomic mass is 16.2. The Bertz CT molecular complexity index is 372. The van der Waals surface area contributed by atoms with Crippen LogP contribution in [0.25, 0.3) is 6.08 Å². The van der Waals surface area contributed by atoms with Crippen LogP contribution in [0.4, 0.5) is 0 Å². The first-order valence-corrected chi connectivity index (χ1v) is 4.89. The molecule has 1 aromatic carbocycles. The molecule has 0 atom stereocenters. The van der Waals surface area contributed by atoms with Crippen LogP contribution < -0.4 is 27.2 Å². The van der Waals surface area contributed by atoms with Gasteiger partial charge in [-0.1, -0.05) is 30.3 Å². The van der Waals surface area contributed by atoms with Gasteiger partial charge in [0.2, 0.25) is 5.91 Å². The van der Waals surface area contributed by atoms with Gasteiger partial charge in [0, 0.05) is 6.08 Å². The lowest BCUT2D eigenvalue weighted by atomic mass is 10.2. The minimum atomic E-state index is -0.326. The molecule has 1 aromatic rings. The Hall–Kier alpha value is -1.73. The van der Waals surface area contributed by atoms with Gasteiger partial charge in [0.1, 0.15) is 0 Å². The van der Waals surface area contributed by atoms with Gasteiger partial charge in [-0.15, -0.1) is 0 Å². The van der Waals surface area contributed by atoms with Gasteiger partial charge in [-0.05, 0) is 11.6 Å². The minimum Gasteiger partial charge on any atom is -0.322 e. The number of benzene rings is 1. The summed E-state index contributed by atoms with van der Waals surface area (Å²) in [4.78, 5) is 11.4. The number of hydrogen-bond donors (Lipinski definition) is 5. The van der Waals surface area contributed by atoms with Crippen molar-refractivity contribution in [1.82, 2.24) is 27.2 Å². The molecule has 6 nitrogen and oxygen atoms in total. The molecule has 0 aliphatic carbocycles. The summed E-state index contributed by atoms with van der Waals surface area (Å²) in [6, 6.07) is 9.63. The summed E-state index contributed by atoms with van der Waals surface area (Å²) in [5.74, 6) is -0.181. The highest BCUT2D eigenvalue weighted by molar-refractivity contribution is 5.91. The van der Waals surface area contributed by atoms with Crippen molar-refractivity contribution in [2.24, 2.45) is 0 Å². The summed E-state index contributed by atoms with van der Waals surface area (Å²) in [6.45, 7) is 0. The molecule has 1 saturated heterocycles. The molecule has 0 unspecified atom stereocenters. The van der Waals surface area contributed by atoms with Gasteiger partial charge in [0.05, 0.1) is 0 Å². The Morgan fingerprint density at radius 3 is 2.56 bits per heavy atom. The zero-order valence-corrected chi connectivity index (χ0v) is 8.53. The summed E-state index contributed by atoms with van der Waals surface area (Å²) in [5.41, 5.74) is 11.7. The predicted octanol–water partition coefficient (Wildman–Crippen LogP) is -0.783. The van der Waals surface area contributed by atoms with Crippen LogP contribution in [0.5, 0.6) is 0 Å². The maximum absolute atomic E-state index is 11.4. The van der Waals surface area contributed by atoms with E-state index in [9.17, 15) is 4.79 Å². The first kappa shape index (κ1) is 10.8. The fourth-order valence-corrected chi connectivity index (χ4v) is 1.25. The molecular weight excluding hydrogens is 206 g/mol. The van der Waals surface area contributed by atoms with Gasteiger partial charge in [-0.25, -0.2) is 10.9 Å². The standard InChI is InChI=1S/C10H13N5O/c16-9(11-10-12-14-15-13-10)7-6-8-4-2-1-3-5-8/h1-7,10,12-15H,(H,11,16)/b7-6+. The molecule has 84 valence electrons. The molecule has 0 radical (unpaired) electrons. The lowest BCUT2D eigenvalue weighted by Crippen LogP contribution is -2.49. The van der Waals surface area contributed by atoms with Crippen molar-refractivity contribution in [2.75, 3.05) is 0 Å². The number of carbonyl (C=O) groups excluding carboxylic acids is 1. The van der Waals surface area contributed by atoms with Crippen molar-refractivity contribution < 1.29 is 4.79 Å². The van der Waals surface area contributed by atoms with Gasteiger partial charge < -0.3 is 5.32 Å². The zero-order valence-electron chi connectivity index (χ0n) is 8.53. The van der Waals surface area contributed by atoms with Gasteiger partial charge in [-0.2, -0.15) is 11.1 Å². The van der Waals surface area contributed by atoms with E-state index in [0.717, 1.165) is 5.56 Å². The van der Waals surface area contributed by atoms with Crippen LogP contribution in [0, 0.1) is 0 Å². The third-order valence-corrected chi connectivity index (χ3v) is 2.01. The number of amides is 1. The highest BCUT2D eigenvalue weighted by Crippen LogP contribution is 2.00. The monoisotopic (exact) mass is 219 g/mol. The second-order valence-electron chi connectivity index (χ2n) is 3.22. The quantitative estimate of drug-likeness (QED) is 0.431. The van der Waals surface area contributed by atoms with Crippen LogP contribution in [0.3, 0.4) is 0 Å². The maximum atomic E-state index is 11.4. The van der Waals surface area contributed by atoms with Crippen LogP contribution in [-0.2, 0) is 4.79 Å². The Kier molecular flexibility index (Phi) is 3.62. The first-order valence-electron chi connectivity index (χ1n) is 4.89. The number of hydrogen-bond acceptors (Lipinski definition) is 5. The molecule has 0 aromatic heterocycles. The largest absolute Gasteiger partial charge is 0.322 e. The van der Waals surface area contributed by atoms with Crippen molar-refractivity contribution in [3.05, 3.63) is 42.0 Å². The van der Waals surface area contributed by atoms with Crippen molar-refractivity contribution in [3.8, 4) is 0 Å². The fourth-order valence-electron chi connectivity index (χ4n) is 1.25. The smallest absolute Gasteiger partial charge is 0.246 e. The summed E-state index contributed by atoms with van der Waals surface area (Å²) in [6.07, 6.45) is 2.91. The molecule has 1 heterocycles. The average molecular weight is 219 g/mol. The highest BCUT2D eigenvalue weighted by Gasteiger charge is 2.12. The van der Waals surface area contributed by atoms with E-state index in [-0.39, 0.29) is 12.2 Å². The maximum Gasteiger partial charge on any atom is 0.246 e. The molecule has 1 fully saturated rings. The van der Waals surface area contributed by atoms with E-state index < -0.39 is 0 Å². The Balaban J connectivity index is 1.84. The molecule has 1 aliphatic heterocycles. The van der Waals surface area contributed by atoms with Crippen molar-refractivity contribution in [1.29, 1.82) is 0 Å². The van der Waals surface area contributed by atoms with Crippen LogP contribution in [0.1, 0.15) is 5.56 Å². The van der Waals surface area contributed by atoms with Crippen LogP contribution >= 0.6 is 0 Å². The van der Waals surface area contributed by atoms with E-state index in [0.29, 0.717) is 0 Å². The molecule has 0 spiro atoms. The predicted molar refractivity (Wildman–Crippen MR) is 59.9 cm³/mol. The summed E-state index contributed by atoms with van der Waals surface area (Å²) < 4.78 is 0. The zero-order chi connectivity index (χ0) is 11.2. The number of rotatable bonds is 3. The molecule has 2 rings (SSSR count). The molecule has 0 saturated carbocycles. The fraction of sp³-hybridized carbons (Fsp3) is 0.100. The molecule has 0 bridgehead atoms. The van der Waals surface area contributed by atoms with E-state index >= 15 is 0 Å². The molecule has 5 N–H and O–H groups in total. The number of hydrazine groups is 3. The van der Waals surface area contributed by atoms with Gasteiger partial charge in [0.25, 0.3) is 0 Å². The second kappa shape index (κ2) is 5.38. The molecule has 1 aliphatic rings. The minimum absolute atomic E-state index is 0.181. The Morgan fingerprint density at radius 1 is 1.19 bits per heavy atom. The summed E-state index contributed by atoms with van der Waals surface area (Å²) in [7, 11) is 0. The SMILES string of the molecule is O=C(/C=C/c1ccccc1)NC1NNNN1. The van der Waals surface area contributed by atoms with Crippen molar-refractivity contribution in [3.63, 3.8) is 0 Å². The second-order valence-corrected chi connectivity index (χ2v) is 3.22. The normalized spacial score (nSPS) is 16.8. The van der Waals surface area contributed by atoms with E-state index in [2.05, 4.69) is 27.2 Å². The van der Waals surface area contributed by atoms with E-state index in [1.165, 1.54) is 6.08 Å². The first-order chi connectivity index (χ1) is 7.84. The molecule has 6 heteroatoms. The van der Waals surface area contributed by atoms with Gasteiger partial charge in [0.15, 0.2) is 6.29 Å². The third kappa shape index (κ3) is 3.14. The van der Waals surface area contributed by atoms with Crippen LogP contribution in [0.2, 0.25) is 0 Å². The van der Waals surface area contributed by atoms with Crippen LogP contribution in [-0.4, -0.2) is 12.2 Å². The summed E-state index contributed by atoms with van der Waals surface area (Å²) in [5, 5.41) is 2.68. The third-order valence-electron chi connectivity index (χ3n) is 2.01. The topological polar surface area (TPSA) is 77.2 Å². The van der Waals surface area contributed by atoms with E-state index in [4.69, 9.17) is 0 Å². The molecule has 16 heavy (non-hydrogen) atoms. The number of carbonyl (C=O) groups is 1. The van der Waals surface area contributed by atoms with Gasteiger partial charge >= 0.3 is 0 Å². The lowest BCUT2D eigenvalue weighted by molar-refractivity contribution is -0.117. The Labute approximate surface area is 93.0 Å². The molecular formula is C10H13N5O. The Morgan fingerprint density at radius 2 is 1.88 bits per heavy atom. The summed E-state index contributed by atoms with van der Waals surface area (Å²) >= 11 is 0. The molecule has 1 amide bonds. The van der Waals surface area contributed by atoms with Crippen LogP contribution in [0.15, 0.2) is 36.4 Å². The number of nitrogens with one attached hydrogen (secondary N) is 5. The van der Waals surface area contributed by atoms with E-state index in [1.807, 2.05) is 30.3 Å². The van der Waals surface area contributed by atoms with Crippen molar-refractivity contribution in [2.45, 2.75) is 6.29 Å². The lowest BCUT2D eigenvalue weighted by Gasteiger charge is -2.08.